The maximum atomic E-state index is 13.6. The number of hydrogen-bond donors (Lipinski definition) is 1. The lowest BCUT2D eigenvalue weighted by atomic mass is 10.1. The number of benzene rings is 3. The van der Waals surface area contributed by atoms with E-state index < -0.39 is 29.0 Å². The lowest BCUT2D eigenvalue weighted by Gasteiger charge is -2.12. The van der Waals surface area contributed by atoms with Crippen LogP contribution in [-0.4, -0.2) is 5.91 Å². The average molecular weight is 385 g/mol. The Hall–Kier alpha value is -3.28. The van der Waals surface area contributed by atoms with Gasteiger partial charge in [-0.1, -0.05) is 48.5 Å². The molecule has 3 aromatic rings. The topological polar surface area (TPSA) is 38.3 Å². The molecule has 0 radical (unpaired) electrons. The van der Waals surface area contributed by atoms with Crippen molar-refractivity contribution in [2.24, 2.45) is 0 Å². The van der Waals surface area contributed by atoms with Crippen LogP contribution in [0.25, 0.3) is 0 Å². The highest BCUT2D eigenvalue weighted by molar-refractivity contribution is 5.91. The Kier molecular flexibility index (Phi) is 6.32. The molecule has 1 N–H and O–H groups in total. The quantitative estimate of drug-likeness (QED) is 0.603. The normalized spacial score (nSPS) is 10.5. The van der Waals surface area contributed by atoms with Crippen molar-refractivity contribution in [2.75, 3.05) is 5.32 Å². The van der Waals surface area contributed by atoms with E-state index in [0.29, 0.717) is 30.9 Å². The maximum Gasteiger partial charge on any atom is 0.224 e. The van der Waals surface area contributed by atoms with Gasteiger partial charge in [-0.25, -0.2) is 13.2 Å². The standard InChI is InChI=1S/C22H18F3NO2/c23-17-12-18(24)22(19(25)13-17)26-21(27)11-10-16-8-4-5-9-20(16)28-14-15-6-2-1-3-7-15/h1-9,12-13H,10-11,14H2,(H,26,27). The molecule has 3 aromatic carbocycles. The van der Waals surface area contributed by atoms with E-state index in [1.54, 1.807) is 6.07 Å². The molecule has 0 aliphatic heterocycles. The third-order valence-electron chi connectivity index (χ3n) is 4.10. The third-order valence-corrected chi connectivity index (χ3v) is 4.10. The fourth-order valence-electron chi connectivity index (χ4n) is 2.70. The van der Waals surface area contributed by atoms with Crippen LogP contribution in [0.1, 0.15) is 17.5 Å². The number of para-hydroxylation sites is 1. The van der Waals surface area contributed by atoms with Crippen molar-refractivity contribution in [3.05, 3.63) is 95.3 Å². The van der Waals surface area contributed by atoms with Crippen molar-refractivity contribution in [1.82, 2.24) is 0 Å². The van der Waals surface area contributed by atoms with Crippen LogP contribution < -0.4 is 10.1 Å². The second-order valence-corrected chi connectivity index (χ2v) is 6.17. The van der Waals surface area contributed by atoms with Gasteiger partial charge in [0.2, 0.25) is 5.91 Å². The van der Waals surface area contributed by atoms with Gasteiger partial charge in [0.05, 0.1) is 0 Å². The molecule has 0 bridgehead atoms. The average Bonchev–Trinajstić information content (AvgIpc) is 2.69. The Morgan fingerprint density at radius 2 is 1.54 bits per heavy atom. The van der Waals surface area contributed by atoms with Crippen molar-refractivity contribution in [2.45, 2.75) is 19.4 Å². The minimum atomic E-state index is -1.16. The van der Waals surface area contributed by atoms with Gasteiger partial charge in [0.15, 0.2) is 11.6 Å². The van der Waals surface area contributed by atoms with Crippen LogP contribution in [0.4, 0.5) is 18.9 Å². The molecule has 0 unspecified atom stereocenters. The molecule has 0 atom stereocenters. The summed E-state index contributed by atoms with van der Waals surface area (Å²) in [5.74, 6) is -3.30. The van der Waals surface area contributed by atoms with Crippen LogP contribution in [0.3, 0.4) is 0 Å². The first-order chi connectivity index (χ1) is 13.5. The van der Waals surface area contributed by atoms with Gasteiger partial charge < -0.3 is 10.1 Å². The number of nitrogens with one attached hydrogen (secondary N) is 1. The van der Waals surface area contributed by atoms with Gasteiger partial charge in [0.25, 0.3) is 0 Å². The van der Waals surface area contributed by atoms with Crippen molar-refractivity contribution in [3.63, 3.8) is 0 Å². The lowest BCUT2D eigenvalue weighted by Crippen LogP contribution is -2.15. The predicted molar refractivity (Wildman–Crippen MR) is 100 cm³/mol. The summed E-state index contributed by atoms with van der Waals surface area (Å²) in [6, 6.07) is 18.0. The second-order valence-electron chi connectivity index (χ2n) is 6.17. The van der Waals surface area contributed by atoms with Crippen molar-refractivity contribution >= 4 is 11.6 Å². The molecular weight excluding hydrogens is 367 g/mol. The van der Waals surface area contributed by atoms with Crippen LogP contribution in [0.15, 0.2) is 66.7 Å². The van der Waals surface area contributed by atoms with Gasteiger partial charge in [0, 0.05) is 18.6 Å². The zero-order valence-electron chi connectivity index (χ0n) is 14.9. The molecule has 0 fully saturated rings. The van der Waals surface area contributed by atoms with Gasteiger partial charge in [0.1, 0.15) is 23.9 Å². The van der Waals surface area contributed by atoms with E-state index in [1.807, 2.05) is 48.5 Å². The minimum absolute atomic E-state index is 0.0119. The summed E-state index contributed by atoms with van der Waals surface area (Å²) in [4.78, 5) is 12.1. The van der Waals surface area contributed by atoms with E-state index >= 15 is 0 Å². The van der Waals surface area contributed by atoms with E-state index in [4.69, 9.17) is 4.74 Å². The fraction of sp³-hybridized carbons (Fsp3) is 0.136. The van der Waals surface area contributed by atoms with Crippen LogP contribution in [0, 0.1) is 17.5 Å². The van der Waals surface area contributed by atoms with Gasteiger partial charge in [-0.3, -0.25) is 4.79 Å². The monoisotopic (exact) mass is 385 g/mol. The smallest absolute Gasteiger partial charge is 0.224 e. The first-order valence-electron chi connectivity index (χ1n) is 8.72. The number of anilines is 1. The molecule has 3 rings (SSSR count). The van der Waals surface area contributed by atoms with Gasteiger partial charge in [-0.05, 0) is 23.6 Å². The Morgan fingerprint density at radius 3 is 2.25 bits per heavy atom. The summed E-state index contributed by atoms with van der Waals surface area (Å²) in [5, 5.41) is 2.16. The Labute approximate surface area is 160 Å². The summed E-state index contributed by atoms with van der Waals surface area (Å²) in [6.45, 7) is 0.385. The zero-order chi connectivity index (χ0) is 19.9. The van der Waals surface area contributed by atoms with Crippen LogP contribution >= 0.6 is 0 Å². The molecule has 0 aliphatic carbocycles. The number of hydrogen-bond acceptors (Lipinski definition) is 2. The molecule has 3 nitrogen and oxygen atoms in total. The Balaban J connectivity index is 1.61. The molecular formula is C22H18F3NO2. The number of aryl methyl sites for hydroxylation is 1. The molecule has 144 valence electrons. The van der Waals surface area contributed by atoms with Crippen LogP contribution in [0.2, 0.25) is 0 Å². The highest BCUT2D eigenvalue weighted by Crippen LogP contribution is 2.23. The number of carbonyl (C=O) groups is 1. The van der Waals surface area contributed by atoms with Gasteiger partial charge >= 0.3 is 0 Å². The predicted octanol–water partition coefficient (Wildman–Crippen LogP) is 5.25. The maximum absolute atomic E-state index is 13.6. The summed E-state index contributed by atoms with van der Waals surface area (Å²) in [6.07, 6.45) is 0.309. The van der Waals surface area contributed by atoms with Crippen molar-refractivity contribution in [1.29, 1.82) is 0 Å². The van der Waals surface area contributed by atoms with E-state index in [2.05, 4.69) is 5.32 Å². The van der Waals surface area contributed by atoms with E-state index in [-0.39, 0.29) is 6.42 Å². The molecule has 0 saturated heterocycles. The highest BCUT2D eigenvalue weighted by atomic mass is 19.1. The first-order valence-corrected chi connectivity index (χ1v) is 8.72. The molecule has 0 saturated carbocycles. The van der Waals surface area contributed by atoms with Gasteiger partial charge in [-0.15, -0.1) is 0 Å². The first kappa shape index (κ1) is 19.5. The second kappa shape index (κ2) is 9.08. The van der Waals surface area contributed by atoms with Gasteiger partial charge in [-0.2, -0.15) is 0 Å². The largest absolute Gasteiger partial charge is 0.489 e. The molecule has 0 heterocycles. The fourth-order valence-corrected chi connectivity index (χ4v) is 2.70. The van der Waals surface area contributed by atoms with E-state index in [9.17, 15) is 18.0 Å². The van der Waals surface area contributed by atoms with E-state index in [0.717, 1.165) is 11.1 Å². The minimum Gasteiger partial charge on any atom is -0.489 e. The van der Waals surface area contributed by atoms with E-state index in [1.165, 1.54) is 0 Å². The molecule has 6 heteroatoms. The number of rotatable bonds is 7. The van der Waals surface area contributed by atoms with Crippen LogP contribution in [-0.2, 0) is 17.8 Å². The number of carbonyl (C=O) groups excluding carboxylic acids is 1. The summed E-state index contributed by atoms with van der Waals surface area (Å²) >= 11 is 0. The SMILES string of the molecule is O=C(CCc1ccccc1OCc1ccccc1)Nc1c(F)cc(F)cc1F. The molecule has 28 heavy (non-hydrogen) atoms. The summed E-state index contributed by atoms with van der Waals surface area (Å²) in [5.41, 5.74) is 1.16. The third kappa shape index (κ3) is 5.13. The molecule has 0 spiro atoms. The molecule has 0 aliphatic rings. The number of halogens is 3. The van der Waals surface area contributed by atoms with Crippen molar-refractivity contribution < 1.29 is 22.7 Å². The molecule has 1 amide bonds. The number of amides is 1. The highest BCUT2D eigenvalue weighted by Gasteiger charge is 2.15. The van der Waals surface area contributed by atoms with Crippen LogP contribution in [0.5, 0.6) is 5.75 Å². The van der Waals surface area contributed by atoms with Crippen molar-refractivity contribution in [3.8, 4) is 5.75 Å². The molecule has 0 aromatic heterocycles. The lowest BCUT2D eigenvalue weighted by molar-refractivity contribution is -0.116. The Bertz CT molecular complexity index is 938. The summed E-state index contributed by atoms with van der Waals surface area (Å²) < 4.78 is 46.1. The summed E-state index contributed by atoms with van der Waals surface area (Å²) in [7, 11) is 0. The Morgan fingerprint density at radius 1 is 0.893 bits per heavy atom. The zero-order valence-corrected chi connectivity index (χ0v) is 14.9. The number of ether oxygens (including phenoxy) is 1.